The normalized spacial score (nSPS) is 20.3. The minimum atomic E-state index is -0.701. The fourth-order valence-corrected chi connectivity index (χ4v) is 2.63. The minimum absolute atomic E-state index is 0. The maximum Gasteiger partial charge on any atom is 0.252 e. The third-order valence-corrected chi connectivity index (χ3v) is 5.82. The number of nitrogens with two attached hydrogens (primary N) is 1. The SMILES string of the molecule is CC(C)(C)NN.CC1=CC=CC(Br)(C(=O)Cl)C1C.Cl.O=C(Cl)c1ccccc1. The van der Waals surface area contributed by atoms with Crippen LogP contribution in [-0.4, -0.2) is 20.3 Å². The van der Waals surface area contributed by atoms with Gasteiger partial charge >= 0.3 is 0 Å². The standard InChI is InChI=1S/C9H10BrClO.C7H5ClO.C4H12N2.ClH/c1-6-4-3-5-9(10,7(6)2)8(11)12;8-7(9)6-4-2-1-3-5-6;1-4(2,3)6-5;/h3-5,7H,1-2H3;1-5H;6H,5H2,1-3H3;1H. The predicted molar refractivity (Wildman–Crippen MR) is 126 cm³/mol. The minimum Gasteiger partial charge on any atom is -0.279 e. The van der Waals surface area contributed by atoms with Crippen LogP contribution < -0.4 is 11.3 Å². The van der Waals surface area contributed by atoms with E-state index < -0.39 is 9.57 Å². The molecule has 4 nitrogen and oxygen atoms in total. The van der Waals surface area contributed by atoms with Crippen LogP contribution in [-0.2, 0) is 4.79 Å². The number of alkyl halides is 1. The van der Waals surface area contributed by atoms with Crippen molar-refractivity contribution in [3.05, 3.63) is 59.7 Å². The largest absolute Gasteiger partial charge is 0.279 e. The van der Waals surface area contributed by atoms with E-state index in [1.807, 2.05) is 52.8 Å². The van der Waals surface area contributed by atoms with E-state index in [0.29, 0.717) is 5.56 Å². The molecular formula is C20H28BrCl3N2O2. The van der Waals surface area contributed by atoms with Crippen molar-refractivity contribution in [2.24, 2.45) is 11.8 Å². The van der Waals surface area contributed by atoms with Crippen molar-refractivity contribution in [2.75, 3.05) is 0 Å². The molecule has 1 aromatic carbocycles. The molecule has 0 aromatic heterocycles. The molecule has 3 N–H and O–H groups in total. The van der Waals surface area contributed by atoms with Gasteiger partial charge in [-0.25, -0.2) is 0 Å². The molecular weight excluding hydrogens is 486 g/mol. The number of hydrazine groups is 1. The molecule has 2 unspecified atom stereocenters. The van der Waals surface area contributed by atoms with Crippen molar-refractivity contribution >= 4 is 62.0 Å². The highest BCUT2D eigenvalue weighted by atomic mass is 79.9. The van der Waals surface area contributed by atoms with Crippen LogP contribution in [0.5, 0.6) is 0 Å². The first kappa shape index (κ1) is 29.5. The van der Waals surface area contributed by atoms with E-state index >= 15 is 0 Å². The Kier molecular flexibility index (Phi) is 14.2. The van der Waals surface area contributed by atoms with Gasteiger partial charge in [-0.15, -0.1) is 12.4 Å². The Morgan fingerprint density at radius 1 is 1.18 bits per heavy atom. The number of nitrogens with one attached hydrogen (secondary N) is 1. The Balaban J connectivity index is 0. The first-order valence-electron chi connectivity index (χ1n) is 8.32. The lowest BCUT2D eigenvalue weighted by atomic mass is 9.85. The van der Waals surface area contributed by atoms with Crippen molar-refractivity contribution in [1.29, 1.82) is 0 Å². The smallest absolute Gasteiger partial charge is 0.252 e. The number of carbonyl (C=O) groups excluding carboxylic acids is 2. The summed E-state index contributed by atoms with van der Waals surface area (Å²) in [7, 11) is 0. The Labute approximate surface area is 192 Å². The highest BCUT2D eigenvalue weighted by Gasteiger charge is 2.39. The molecule has 0 radical (unpaired) electrons. The predicted octanol–water partition coefficient (Wildman–Crippen LogP) is 5.77. The van der Waals surface area contributed by atoms with Crippen LogP contribution in [0.1, 0.15) is 45.0 Å². The molecule has 0 saturated carbocycles. The Morgan fingerprint density at radius 2 is 1.64 bits per heavy atom. The summed E-state index contributed by atoms with van der Waals surface area (Å²) in [6, 6.07) is 8.74. The lowest BCUT2D eigenvalue weighted by Crippen LogP contribution is -2.41. The summed E-state index contributed by atoms with van der Waals surface area (Å²) in [4.78, 5) is 21.5. The summed E-state index contributed by atoms with van der Waals surface area (Å²) in [6.07, 6.45) is 5.63. The lowest BCUT2D eigenvalue weighted by Gasteiger charge is -2.30. The first-order valence-corrected chi connectivity index (χ1v) is 9.87. The second-order valence-electron chi connectivity index (χ2n) is 7.07. The summed E-state index contributed by atoms with van der Waals surface area (Å²) in [5.41, 5.74) is 4.37. The maximum absolute atomic E-state index is 11.1. The average Bonchev–Trinajstić information content (AvgIpc) is 2.60. The van der Waals surface area contributed by atoms with E-state index in [2.05, 4.69) is 21.4 Å². The maximum atomic E-state index is 11.1. The van der Waals surface area contributed by atoms with Crippen molar-refractivity contribution in [2.45, 2.75) is 44.5 Å². The van der Waals surface area contributed by atoms with Gasteiger partial charge in [-0.05, 0) is 50.9 Å². The Morgan fingerprint density at radius 3 is 1.93 bits per heavy atom. The number of hydrogen-bond acceptors (Lipinski definition) is 4. The van der Waals surface area contributed by atoms with Crippen LogP contribution in [0.15, 0.2) is 54.1 Å². The molecule has 0 amide bonds. The quantitative estimate of drug-likeness (QED) is 0.227. The molecule has 0 spiro atoms. The molecule has 2 atom stereocenters. The molecule has 158 valence electrons. The molecule has 0 fully saturated rings. The number of rotatable bonds is 2. The zero-order valence-electron chi connectivity index (χ0n) is 16.6. The highest BCUT2D eigenvalue weighted by Crippen LogP contribution is 2.38. The molecule has 0 bridgehead atoms. The zero-order valence-corrected chi connectivity index (χ0v) is 20.5. The molecule has 0 saturated heterocycles. The van der Waals surface area contributed by atoms with E-state index in [-0.39, 0.29) is 29.1 Å². The molecule has 0 heterocycles. The van der Waals surface area contributed by atoms with Crippen molar-refractivity contribution in [3.63, 3.8) is 0 Å². The van der Waals surface area contributed by atoms with Crippen molar-refractivity contribution < 1.29 is 9.59 Å². The van der Waals surface area contributed by atoms with Crippen LogP contribution in [0.25, 0.3) is 0 Å². The van der Waals surface area contributed by atoms with Crippen molar-refractivity contribution in [1.82, 2.24) is 5.43 Å². The molecule has 28 heavy (non-hydrogen) atoms. The molecule has 0 aliphatic heterocycles. The molecule has 1 aromatic rings. The molecule has 2 rings (SSSR count). The second-order valence-corrected chi connectivity index (χ2v) is 9.07. The van der Waals surface area contributed by atoms with E-state index in [1.165, 1.54) is 0 Å². The van der Waals surface area contributed by atoms with Gasteiger partial charge in [0.1, 0.15) is 4.32 Å². The van der Waals surface area contributed by atoms with Gasteiger partial charge in [0.25, 0.3) is 5.24 Å². The first-order chi connectivity index (χ1) is 12.3. The monoisotopic (exact) mass is 512 g/mol. The molecule has 1 aliphatic rings. The number of hydrogen-bond donors (Lipinski definition) is 2. The van der Waals surface area contributed by atoms with Crippen LogP contribution >= 0.6 is 51.5 Å². The lowest BCUT2D eigenvalue weighted by molar-refractivity contribution is -0.113. The number of benzene rings is 1. The number of halogens is 4. The number of carbonyl (C=O) groups is 2. The highest BCUT2D eigenvalue weighted by molar-refractivity contribution is 9.10. The van der Waals surface area contributed by atoms with Gasteiger partial charge in [0, 0.05) is 17.0 Å². The zero-order chi connectivity index (χ0) is 21.3. The number of allylic oxidation sites excluding steroid dienone is 4. The summed E-state index contributed by atoms with van der Waals surface area (Å²) in [6.45, 7) is 9.99. The summed E-state index contributed by atoms with van der Waals surface area (Å²) in [5.74, 6) is 5.17. The average molecular weight is 515 g/mol. The van der Waals surface area contributed by atoms with Gasteiger partial charge in [0.2, 0.25) is 5.24 Å². The summed E-state index contributed by atoms with van der Waals surface area (Å²) >= 11 is 14.0. The van der Waals surface area contributed by atoms with Crippen LogP contribution in [0.2, 0.25) is 0 Å². The van der Waals surface area contributed by atoms with E-state index in [1.54, 1.807) is 30.3 Å². The van der Waals surface area contributed by atoms with E-state index in [0.717, 1.165) is 5.57 Å². The Hall–Kier alpha value is -0.690. The van der Waals surface area contributed by atoms with Gasteiger partial charge < -0.3 is 0 Å². The fourth-order valence-electron chi connectivity index (χ4n) is 1.76. The Bertz CT molecular complexity index is 688. The van der Waals surface area contributed by atoms with Gasteiger partial charge in [-0.1, -0.05) is 77.0 Å². The second kappa shape index (κ2) is 13.5. The third-order valence-electron chi connectivity index (χ3n) is 3.75. The van der Waals surface area contributed by atoms with Gasteiger partial charge in [0.05, 0.1) is 0 Å². The topological polar surface area (TPSA) is 72.2 Å². The summed E-state index contributed by atoms with van der Waals surface area (Å²) in [5, 5.41) is -0.769. The van der Waals surface area contributed by atoms with Crippen molar-refractivity contribution in [3.8, 4) is 0 Å². The van der Waals surface area contributed by atoms with Gasteiger partial charge in [-0.3, -0.25) is 20.9 Å². The van der Waals surface area contributed by atoms with Crippen LogP contribution in [0.4, 0.5) is 0 Å². The van der Waals surface area contributed by atoms with E-state index in [4.69, 9.17) is 29.0 Å². The molecule has 8 heteroatoms. The van der Waals surface area contributed by atoms with Gasteiger partial charge in [-0.2, -0.15) is 0 Å². The van der Waals surface area contributed by atoms with Crippen LogP contribution in [0, 0.1) is 5.92 Å². The third kappa shape index (κ3) is 10.7. The van der Waals surface area contributed by atoms with Gasteiger partial charge in [0.15, 0.2) is 0 Å². The summed E-state index contributed by atoms with van der Waals surface area (Å²) < 4.78 is -0.701. The fraction of sp³-hybridized carbons (Fsp3) is 0.400. The molecule has 1 aliphatic carbocycles. The van der Waals surface area contributed by atoms with Crippen LogP contribution in [0.3, 0.4) is 0 Å². The van der Waals surface area contributed by atoms with E-state index in [9.17, 15) is 9.59 Å².